The van der Waals surface area contributed by atoms with Gasteiger partial charge in [0.2, 0.25) is 0 Å². The van der Waals surface area contributed by atoms with Crippen LogP contribution in [0.2, 0.25) is 0 Å². The summed E-state index contributed by atoms with van der Waals surface area (Å²) in [5.41, 5.74) is 3.31. The maximum Gasteiger partial charge on any atom is 0.333 e. The topological polar surface area (TPSA) is 46.5 Å². The summed E-state index contributed by atoms with van der Waals surface area (Å²) in [5, 5.41) is 9.02. The molecule has 1 rings (SSSR count). The summed E-state index contributed by atoms with van der Waals surface area (Å²) in [6, 6.07) is 5.96. The lowest BCUT2D eigenvalue weighted by atomic mass is 9.97. The molecule has 0 aliphatic heterocycles. The molecule has 0 saturated carbocycles. The zero-order valence-corrected chi connectivity index (χ0v) is 9.99. The third-order valence-electron chi connectivity index (χ3n) is 2.68. The highest BCUT2D eigenvalue weighted by atomic mass is 16.5. The summed E-state index contributed by atoms with van der Waals surface area (Å²) in [5.74, 6) is -0.899. The first kappa shape index (κ1) is 12.7. The normalized spacial score (nSPS) is 12.4. The van der Waals surface area contributed by atoms with E-state index < -0.39 is 12.1 Å². The Bertz CT molecular complexity index is 351. The van der Waals surface area contributed by atoms with Crippen molar-refractivity contribution >= 4 is 5.97 Å². The number of rotatable bonds is 5. The Labute approximate surface area is 96.1 Å². The molecule has 0 radical (unpaired) electrons. The number of carboxylic acid groups (broad SMARTS) is 1. The largest absolute Gasteiger partial charge is 0.479 e. The highest BCUT2D eigenvalue weighted by Crippen LogP contribution is 2.16. The summed E-state index contributed by atoms with van der Waals surface area (Å²) in [4.78, 5) is 11.0. The summed E-state index contributed by atoms with van der Waals surface area (Å²) in [7, 11) is 0. The van der Waals surface area contributed by atoms with Gasteiger partial charge in [-0.3, -0.25) is 0 Å². The van der Waals surface area contributed by atoms with Crippen molar-refractivity contribution in [1.29, 1.82) is 0 Å². The van der Waals surface area contributed by atoms with E-state index in [0.717, 1.165) is 16.7 Å². The van der Waals surface area contributed by atoms with Gasteiger partial charge in [-0.15, -0.1) is 0 Å². The number of carboxylic acids is 1. The minimum Gasteiger partial charge on any atom is -0.479 e. The minimum absolute atomic E-state index is 0.419. The molecule has 88 valence electrons. The van der Waals surface area contributed by atoms with Crippen molar-refractivity contribution in [2.45, 2.75) is 33.3 Å². The SMILES string of the molecule is CCOC(Cc1c(C)cccc1C)C(=O)O. The van der Waals surface area contributed by atoms with Crippen LogP contribution in [0.25, 0.3) is 0 Å². The fraction of sp³-hybridized carbons (Fsp3) is 0.462. The lowest BCUT2D eigenvalue weighted by Gasteiger charge is -2.15. The van der Waals surface area contributed by atoms with Gasteiger partial charge in [-0.25, -0.2) is 4.79 Å². The molecule has 1 aromatic rings. The monoisotopic (exact) mass is 222 g/mol. The van der Waals surface area contributed by atoms with Crippen LogP contribution in [0.1, 0.15) is 23.6 Å². The van der Waals surface area contributed by atoms with E-state index in [1.807, 2.05) is 32.0 Å². The van der Waals surface area contributed by atoms with E-state index in [1.165, 1.54) is 0 Å². The number of aryl methyl sites for hydroxylation is 2. The number of hydrogen-bond donors (Lipinski definition) is 1. The molecule has 0 bridgehead atoms. The molecule has 3 nitrogen and oxygen atoms in total. The van der Waals surface area contributed by atoms with Crippen LogP contribution in [-0.4, -0.2) is 23.8 Å². The zero-order valence-electron chi connectivity index (χ0n) is 9.99. The second kappa shape index (κ2) is 5.66. The number of hydrogen-bond acceptors (Lipinski definition) is 2. The van der Waals surface area contributed by atoms with Gasteiger partial charge in [0.1, 0.15) is 0 Å². The van der Waals surface area contributed by atoms with E-state index in [2.05, 4.69) is 0 Å². The first-order valence-electron chi connectivity index (χ1n) is 5.45. The van der Waals surface area contributed by atoms with Crippen molar-refractivity contribution in [3.05, 3.63) is 34.9 Å². The van der Waals surface area contributed by atoms with E-state index >= 15 is 0 Å². The Morgan fingerprint density at radius 1 is 1.38 bits per heavy atom. The Morgan fingerprint density at radius 3 is 2.38 bits per heavy atom. The van der Waals surface area contributed by atoms with Crippen LogP contribution in [0.5, 0.6) is 0 Å². The Morgan fingerprint density at radius 2 is 1.94 bits per heavy atom. The average molecular weight is 222 g/mol. The van der Waals surface area contributed by atoms with Crippen LogP contribution in [-0.2, 0) is 16.0 Å². The van der Waals surface area contributed by atoms with Crippen LogP contribution >= 0.6 is 0 Å². The summed E-state index contributed by atoms with van der Waals surface area (Å²) < 4.78 is 5.22. The molecule has 0 amide bonds. The molecule has 1 aromatic carbocycles. The first-order chi connectivity index (χ1) is 7.56. The Hall–Kier alpha value is -1.35. The van der Waals surface area contributed by atoms with Crippen LogP contribution in [0.15, 0.2) is 18.2 Å². The van der Waals surface area contributed by atoms with Gasteiger partial charge < -0.3 is 9.84 Å². The second-order valence-electron chi connectivity index (χ2n) is 3.86. The van der Waals surface area contributed by atoms with Crippen LogP contribution in [0.3, 0.4) is 0 Å². The van der Waals surface area contributed by atoms with Crippen molar-refractivity contribution in [2.75, 3.05) is 6.61 Å². The smallest absolute Gasteiger partial charge is 0.333 e. The van der Waals surface area contributed by atoms with E-state index in [-0.39, 0.29) is 0 Å². The fourth-order valence-corrected chi connectivity index (χ4v) is 1.78. The molecule has 1 unspecified atom stereocenters. The summed E-state index contributed by atoms with van der Waals surface area (Å²) >= 11 is 0. The zero-order chi connectivity index (χ0) is 12.1. The summed E-state index contributed by atoms with van der Waals surface area (Å²) in [6.45, 7) is 6.21. The maximum atomic E-state index is 11.0. The van der Waals surface area contributed by atoms with Gasteiger partial charge in [0.05, 0.1) is 0 Å². The van der Waals surface area contributed by atoms with Crippen molar-refractivity contribution in [2.24, 2.45) is 0 Å². The fourth-order valence-electron chi connectivity index (χ4n) is 1.78. The highest BCUT2D eigenvalue weighted by molar-refractivity contribution is 5.73. The molecular formula is C13H18O3. The van der Waals surface area contributed by atoms with Gasteiger partial charge >= 0.3 is 5.97 Å². The Kier molecular flexibility index (Phi) is 4.50. The summed E-state index contributed by atoms with van der Waals surface area (Å²) in [6.07, 6.45) is -0.313. The molecule has 0 aromatic heterocycles. The number of aliphatic carboxylic acids is 1. The van der Waals surface area contributed by atoms with E-state index in [9.17, 15) is 4.79 Å². The number of ether oxygens (including phenoxy) is 1. The third-order valence-corrected chi connectivity index (χ3v) is 2.68. The van der Waals surface area contributed by atoms with Gasteiger partial charge in [-0.2, -0.15) is 0 Å². The number of benzene rings is 1. The van der Waals surface area contributed by atoms with Crippen molar-refractivity contribution in [3.63, 3.8) is 0 Å². The van der Waals surface area contributed by atoms with E-state index in [0.29, 0.717) is 13.0 Å². The molecule has 0 heterocycles. The molecule has 0 spiro atoms. The number of carbonyl (C=O) groups is 1. The van der Waals surface area contributed by atoms with Crippen molar-refractivity contribution in [1.82, 2.24) is 0 Å². The molecule has 1 atom stereocenters. The predicted molar refractivity (Wildman–Crippen MR) is 62.7 cm³/mol. The molecule has 0 fully saturated rings. The highest BCUT2D eigenvalue weighted by Gasteiger charge is 2.19. The maximum absolute atomic E-state index is 11.0. The molecule has 1 N–H and O–H groups in total. The van der Waals surface area contributed by atoms with Gasteiger partial charge in [0, 0.05) is 13.0 Å². The molecule has 0 aliphatic rings. The predicted octanol–water partition coefficient (Wildman–Crippen LogP) is 2.34. The van der Waals surface area contributed by atoms with Crippen LogP contribution < -0.4 is 0 Å². The molecule has 0 saturated heterocycles. The van der Waals surface area contributed by atoms with E-state index in [4.69, 9.17) is 9.84 Å². The van der Waals surface area contributed by atoms with Crippen LogP contribution in [0.4, 0.5) is 0 Å². The van der Waals surface area contributed by atoms with Gasteiger partial charge in [-0.1, -0.05) is 18.2 Å². The van der Waals surface area contributed by atoms with Crippen molar-refractivity contribution in [3.8, 4) is 0 Å². The van der Waals surface area contributed by atoms with Gasteiger partial charge in [-0.05, 0) is 37.5 Å². The minimum atomic E-state index is -0.899. The lowest BCUT2D eigenvalue weighted by Crippen LogP contribution is -2.27. The molecule has 16 heavy (non-hydrogen) atoms. The molecule has 3 heteroatoms. The van der Waals surface area contributed by atoms with Gasteiger partial charge in [0.25, 0.3) is 0 Å². The molecule has 0 aliphatic carbocycles. The lowest BCUT2D eigenvalue weighted by molar-refractivity contribution is -0.149. The first-order valence-corrected chi connectivity index (χ1v) is 5.45. The Balaban J connectivity index is 2.89. The van der Waals surface area contributed by atoms with Crippen molar-refractivity contribution < 1.29 is 14.6 Å². The van der Waals surface area contributed by atoms with E-state index in [1.54, 1.807) is 6.92 Å². The quantitative estimate of drug-likeness (QED) is 0.831. The average Bonchev–Trinajstić information content (AvgIpc) is 2.21. The van der Waals surface area contributed by atoms with Crippen LogP contribution in [0, 0.1) is 13.8 Å². The third kappa shape index (κ3) is 3.07. The standard InChI is InChI=1S/C13H18O3/c1-4-16-12(13(14)15)8-11-9(2)6-5-7-10(11)3/h5-7,12H,4,8H2,1-3H3,(H,14,15). The second-order valence-corrected chi connectivity index (χ2v) is 3.86. The molecular weight excluding hydrogens is 204 g/mol. The van der Waals surface area contributed by atoms with Gasteiger partial charge in [0.15, 0.2) is 6.10 Å².